The summed E-state index contributed by atoms with van der Waals surface area (Å²) in [6.07, 6.45) is 1.05. The second-order valence-electron chi connectivity index (χ2n) is 4.86. The quantitative estimate of drug-likeness (QED) is 0.585. The van der Waals surface area contributed by atoms with Gasteiger partial charge < -0.3 is 5.32 Å². The van der Waals surface area contributed by atoms with Gasteiger partial charge in [0.1, 0.15) is 0 Å². The summed E-state index contributed by atoms with van der Waals surface area (Å²) in [6.45, 7) is 0.882. The second-order valence-corrected chi connectivity index (χ2v) is 7.79. The van der Waals surface area contributed by atoms with E-state index in [-0.39, 0.29) is 0 Å². The summed E-state index contributed by atoms with van der Waals surface area (Å²) in [4.78, 5) is 2.83. The van der Waals surface area contributed by atoms with E-state index in [1.165, 1.54) is 15.3 Å². The molecule has 0 amide bonds. The van der Waals surface area contributed by atoms with Gasteiger partial charge in [-0.15, -0.1) is 22.7 Å². The zero-order valence-corrected chi connectivity index (χ0v) is 14.7. The Labute approximate surface area is 141 Å². The fourth-order valence-corrected chi connectivity index (χ4v) is 4.28. The molecular weight excluding hydrogens is 362 g/mol. The molecule has 4 heteroatoms. The van der Waals surface area contributed by atoms with Gasteiger partial charge in [0.2, 0.25) is 0 Å². The Bertz CT molecular complexity index is 662. The maximum Gasteiger partial charge on any atom is 0.0466 e. The molecule has 21 heavy (non-hydrogen) atoms. The van der Waals surface area contributed by atoms with Crippen molar-refractivity contribution in [3.8, 4) is 0 Å². The molecule has 2 aromatic heterocycles. The normalized spacial score (nSPS) is 12.4. The predicted octanol–water partition coefficient (Wildman–Crippen LogP) is 5.65. The van der Waals surface area contributed by atoms with Crippen molar-refractivity contribution in [3.05, 3.63) is 79.1 Å². The van der Waals surface area contributed by atoms with E-state index in [1.54, 1.807) is 0 Å². The largest absolute Gasteiger partial charge is 0.305 e. The highest BCUT2D eigenvalue weighted by Crippen LogP contribution is 2.25. The third kappa shape index (κ3) is 4.27. The van der Waals surface area contributed by atoms with Crippen molar-refractivity contribution in [3.63, 3.8) is 0 Å². The molecule has 0 fully saturated rings. The molecule has 0 spiro atoms. The number of rotatable bonds is 6. The Balaban J connectivity index is 1.70. The third-order valence-electron chi connectivity index (χ3n) is 3.31. The first-order valence-corrected chi connectivity index (χ1v) is 9.40. The molecule has 0 aliphatic carbocycles. The lowest BCUT2D eigenvalue weighted by molar-refractivity contribution is 0.541. The van der Waals surface area contributed by atoms with Gasteiger partial charge in [0.25, 0.3) is 0 Å². The lowest BCUT2D eigenvalue weighted by Gasteiger charge is -2.17. The van der Waals surface area contributed by atoms with Crippen LogP contribution in [0.15, 0.2) is 63.8 Å². The molecule has 0 saturated heterocycles. The first-order chi connectivity index (χ1) is 10.3. The Morgan fingerprint density at radius 3 is 2.57 bits per heavy atom. The Morgan fingerprint density at radius 1 is 1.00 bits per heavy atom. The zero-order valence-electron chi connectivity index (χ0n) is 11.5. The van der Waals surface area contributed by atoms with E-state index in [4.69, 9.17) is 0 Å². The first kappa shape index (κ1) is 15.0. The maximum absolute atomic E-state index is 3.70. The van der Waals surface area contributed by atoms with Crippen LogP contribution in [-0.4, -0.2) is 0 Å². The van der Waals surface area contributed by atoms with Crippen LogP contribution in [0, 0.1) is 0 Å². The van der Waals surface area contributed by atoms with E-state index in [0.717, 1.165) is 17.4 Å². The summed E-state index contributed by atoms with van der Waals surface area (Å²) in [5.74, 6) is 0. The van der Waals surface area contributed by atoms with E-state index in [2.05, 4.69) is 80.5 Å². The molecule has 1 aromatic carbocycles. The van der Waals surface area contributed by atoms with E-state index >= 15 is 0 Å². The molecule has 1 N–H and O–H groups in total. The minimum atomic E-state index is 0.377. The van der Waals surface area contributed by atoms with Gasteiger partial charge in [-0.05, 0) is 40.6 Å². The number of nitrogens with one attached hydrogen (secondary N) is 1. The molecular formula is C17H16BrNS2. The van der Waals surface area contributed by atoms with E-state index < -0.39 is 0 Å². The zero-order chi connectivity index (χ0) is 14.5. The molecule has 108 valence electrons. The summed E-state index contributed by atoms with van der Waals surface area (Å²) < 4.78 is 1.13. The van der Waals surface area contributed by atoms with Crippen LogP contribution >= 0.6 is 38.6 Å². The van der Waals surface area contributed by atoms with Crippen molar-refractivity contribution in [1.29, 1.82) is 0 Å². The SMILES string of the molecule is Brc1cccc(CNC(Cc2cccs2)c2cccs2)c1. The highest BCUT2D eigenvalue weighted by atomic mass is 79.9. The van der Waals surface area contributed by atoms with Gasteiger partial charge >= 0.3 is 0 Å². The number of hydrogen-bond acceptors (Lipinski definition) is 3. The molecule has 0 radical (unpaired) electrons. The van der Waals surface area contributed by atoms with Gasteiger partial charge in [-0.3, -0.25) is 0 Å². The molecule has 1 unspecified atom stereocenters. The Kier molecular flexibility index (Phi) is 5.25. The molecule has 0 saturated carbocycles. The van der Waals surface area contributed by atoms with E-state index in [1.807, 2.05) is 22.7 Å². The number of thiophene rings is 2. The smallest absolute Gasteiger partial charge is 0.0466 e. The fraction of sp³-hybridized carbons (Fsp3) is 0.176. The predicted molar refractivity (Wildman–Crippen MR) is 96.1 cm³/mol. The van der Waals surface area contributed by atoms with Crippen molar-refractivity contribution < 1.29 is 0 Å². The first-order valence-electron chi connectivity index (χ1n) is 6.85. The van der Waals surface area contributed by atoms with Crippen molar-refractivity contribution in [2.75, 3.05) is 0 Å². The van der Waals surface area contributed by atoms with Crippen LogP contribution in [0.5, 0.6) is 0 Å². The van der Waals surface area contributed by atoms with Crippen LogP contribution in [-0.2, 0) is 13.0 Å². The molecule has 2 heterocycles. The van der Waals surface area contributed by atoms with Gasteiger partial charge in [-0.1, -0.05) is 40.2 Å². The maximum atomic E-state index is 3.70. The third-order valence-corrected chi connectivity index (χ3v) is 5.69. The van der Waals surface area contributed by atoms with Gasteiger partial charge in [0.05, 0.1) is 0 Å². The van der Waals surface area contributed by atoms with Crippen LogP contribution in [0.4, 0.5) is 0 Å². The summed E-state index contributed by atoms with van der Waals surface area (Å²) in [6, 6.07) is 17.5. The van der Waals surface area contributed by atoms with Crippen molar-refractivity contribution in [2.24, 2.45) is 0 Å². The van der Waals surface area contributed by atoms with E-state index in [0.29, 0.717) is 6.04 Å². The van der Waals surface area contributed by atoms with E-state index in [9.17, 15) is 0 Å². The molecule has 3 rings (SSSR count). The van der Waals surface area contributed by atoms with Crippen molar-refractivity contribution in [1.82, 2.24) is 5.32 Å². The van der Waals surface area contributed by atoms with Crippen LogP contribution in [0.1, 0.15) is 21.4 Å². The Morgan fingerprint density at radius 2 is 1.86 bits per heavy atom. The number of halogens is 1. The van der Waals surface area contributed by atoms with Crippen molar-refractivity contribution in [2.45, 2.75) is 19.0 Å². The van der Waals surface area contributed by atoms with Gasteiger partial charge in [0.15, 0.2) is 0 Å². The molecule has 0 aliphatic rings. The number of benzene rings is 1. The average Bonchev–Trinajstić information content (AvgIpc) is 3.16. The molecule has 3 aromatic rings. The Hall–Kier alpha value is -0.940. The molecule has 0 aliphatic heterocycles. The van der Waals surface area contributed by atoms with Gasteiger partial charge in [0, 0.05) is 33.2 Å². The van der Waals surface area contributed by atoms with Gasteiger partial charge in [-0.25, -0.2) is 0 Å². The second kappa shape index (κ2) is 7.36. The van der Waals surface area contributed by atoms with Crippen LogP contribution in [0.25, 0.3) is 0 Å². The van der Waals surface area contributed by atoms with Gasteiger partial charge in [-0.2, -0.15) is 0 Å². The minimum absolute atomic E-state index is 0.377. The summed E-state index contributed by atoms with van der Waals surface area (Å²) in [7, 11) is 0. The average molecular weight is 378 g/mol. The topological polar surface area (TPSA) is 12.0 Å². The lowest BCUT2D eigenvalue weighted by Crippen LogP contribution is -2.21. The van der Waals surface area contributed by atoms with Crippen LogP contribution in [0.2, 0.25) is 0 Å². The highest BCUT2D eigenvalue weighted by Gasteiger charge is 2.13. The summed E-state index contributed by atoms with van der Waals surface area (Å²) in [5.41, 5.74) is 1.30. The molecule has 0 bridgehead atoms. The summed E-state index contributed by atoms with van der Waals surface area (Å²) >= 11 is 7.19. The highest BCUT2D eigenvalue weighted by molar-refractivity contribution is 9.10. The molecule has 1 atom stereocenters. The summed E-state index contributed by atoms with van der Waals surface area (Å²) in [5, 5.41) is 8.00. The van der Waals surface area contributed by atoms with Crippen LogP contribution < -0.4 is 5.32 Å². The van der Waals surface area contributed by atoms with Crippen LogP contribution in [0.3, 0.4) is 0 Å². The fourth-order valence-electron chi connectivity index (χ4n) is 2.28. The van der Waals surface area contributed by atoms with Crippen molar-refractivity contribution >= 4 is 38.6 Å². The number of hydrogen-bond donors (Lipinski definition) is 1. The lowest BCUT2D eigenvalue weighted by atomic mass is 10.1. The monoisotopic (exact) mass is 377 g/mol. The minimum Gasteiger partial charge on any atom is -0.305 e. The molecule has 1 nitrogen and oxygen atoms in total. The standard InChI is InChI=1S/C17H16BrNS2/c18-14-5-1-4-13(10-14)12-19-16(17-7-3-9-21-17)11-15-6-2-8-20-15/h1-10,16,19H,11-12H2.